The van der Waals surface area contributed by atoms with Crippen LogP contribution in [0.25, 0.3) is 0 Å². The first-order valence-corrected chi connectivity index (χ1v) is 12.7. The normalized spacial score (nSPS) is 14.0. The van der Waals surface area contributed by atoms with Gasteiger partial charge in [0.25, 0.3) is 0 Å². The lowest BCUT2D eigenvalue weighted by Gasteiger charge is -2.31. The predicted molar refractivity (Wildman–Crippen MR) is 121 cm³/mol. The molecule has 0 amide bonds. The van der Waals surface area contributed by atoms with E-state index in [0.717, 1.165) is 13.8 Å². The zero-order chi connectivity index (χ0) is 31.6. The van der Waals surface area contributed by atoms with Crippen LogP contribution < -0.4 is 15.9 Å². The molecule has 0 saturated heterocycles. The molecular weight excluding hydrogens is 616 g/mol. The van der Waals surface area contributed by atoms with Crippen molar-refractivity contribution in [1.29, 1.82) is 0 Å². The van der Waals surface area contributed by atoms with E-state index in [1.807, 2.05) is 0 Å². The van der Waals surface area contributed by atoms with Crippen molar-refractivity contribution in [2.45, 2.75) is 44.5 Å². The molecule has 0 saturated carbocycles. The highest BCUT2D eigenvalue weighted by molar-refractivity contribution is 7.96. The first-order valence-electron chi connectivity index (χ1n) is 10.9. The zero-order valence-corrected chi connectivity index (χ0v) is 21.2. The summed E-state index contributed by atoms with van der Waals surface area (Å²) in [6, 6.07) is 0.305. The summed E-state index contributed by atoms with van der Waals surface area (Å²) in [5.41, 5.74) is -9.02. The third-order valence-corrected chi connectivity index (χ3v) is 9.75. The highest BCUT2D eigenvalue weighted by Crippen LogP contribution is 2.69. The molecule has 3 rings (SSSR count). The fourth-order valence-corrected chi connectivity index (χ4v) is 8.16. The van der Waals surface area contributed by atoms with E-state index in [4.69, 9.17) is 0 Å². The summed E-state index contributed by atoms with van der Waals surface area (Å²) in [7, 11) is -6.18. The van der Waals surface area contributed by atoms with Crippen LogP contribution >= 0.6 is 7.26 Å². The molecule has 41 heavy (non-hydrogen) atoms. The van der Waals surface area contributed by atoms with Crippen LogP contribution in [-0.4, -0.2) is 5.92 Å². The standard InChI is InChI=1S/C25H15F15P/c1-12-3-14(21(26,27)28)8-18(5-12)41(25(38,39)40,19-6-13(2)4-15(9-19)22(29,30)31)20-10-16(23(32,33)34)7-17(11-20)24(35,36)37/h3-11H,1-2H3/q+1. The van der Waals surface area contributed by atoms with Gasteiger partial charge in [0.2, 0.25) is 7.26 Å². The van der Waals surface area contributed by atoms with Crippen LogP contribution in [0.3, 0.4) is 0 Å². The van der Waals surface area contributed by atoms with E-state index in [0.29, 0.717) is 24.3 Å². The first kappa shape index (κ1) is 32.6. The minimum Gasteiger partial charge on any atom is -0.166 e. The van der Waals surface area contributed by atoms with Crippen molar-refractivity contribution in [1.82, 2.24) is 0 Å². The number of benzene rings is 3. The summed E-state index contributed by atoms with van der Waals surface area (Å²) < 4.78 is 210. The van der Waals surface area contributed by atoms with Crippen LogP contribution in [0.1, 0.15) is 33.4 Å². The van der Waals surface area contributed by atoms with Crippen LogP contribution in [-0.2, 0) is 24.7 Å². The van der Waals surface area contributed by atoms with Gasteiger partial charge in [0.15, 0.2) is 0 Å². The molecule has 0 radical (unpaired) electrons. The Hall–Kier alpha value is -2.96. The lowest BCUT2D eigenvalue weighted by molar-refractivity contribution is -0.143. The lowest BCUT2D eigenvalue weighted by Crippen LogP contribution is -2.42. The van der Waals surface area contributed by atoms with E-state index in [9.17, 15) is 52.7 Å². The fraction of sp³-hybridized carbons (Fsp3) is 0.280. The molecular formula is C25H15F15P+. The average Bonchev–Trinajstić information content (AvgIpc) is 2.75. The van der Waals surface area contributed by atoms with E-state index in [1.165, 1.54) is 0 Å². The molecule has 0 N–H and O–H groups in total. The van der Waals surface area contributed by atoms with Crippen molar-refractivity contribution >= 4 is 23.2 Å². The molecule has 0 fully saturated rings. The molecule has 0 aliphatic carbocycles. The first-order chi connectivity index (χ1) is 18.3. The van der Waals surface area contributed by atoms with Crippen LogP contribution in [0, 0.1) is 13.8 Å². The predicted octanol–water partition coefficient (Wildman–Crippen LogP) is 9.19. The van der Waals surface area contributed by atoms with Gasteiger partial charge in [-0.2, -0.15) is 52.7 Å². The van der Waals surface area contributed by atoms with Gasteiger partial charge in [-0.15, -0.1) is 13.2 Å². The van der Waals surface area contributed by atoms with Crippen LogP contribution in [0.15, 0.2) is 54.6 Å². The Balaban J connectivity index is 2.72. The summed E-state index contributed by atoms with van der Waals surface area (Å²) in [6.07, 6.45) is -22.0. The van der Waals surface area contributed by atoms with E-state index < -0.39 is 93.2 Å². The van der Waals surface area contributed by atoms with Crippen LogP contribution in [0.2, 0.25) is 0 Å². The molecule has 0 aliphatic heterocycles. The van der Waals surface area contributed by atoms with Gasteiger partial charge in [0, 0.05) is 0 Å². The summed E-state index contributed by atoms with van der Waals surface area (Å²) in [4.78, 5) is 0. The van der Waals surface area contributed by atoms with Crippen molar-refractivity contribution in [3.05, 3.63) is 88.0 Å². The molecule has 3 aromatic carbocycles. The van der Waals surface area contributed by atoms with Gasteiger partial charge in [-0.05, 0) is 79.6 Å². The fourth-order valence-electron chi connectivity index (χ4n) is 4.26. The highest BCUT2D eigenvalue weighted by atomic mass is 31.2. The number of alkyl halides is 15. The van der Waals surface area contributed by atoms with Gasteiger partial charge in [-0.3, -0.25) is 0 Å². The largest absolute Gasteiger partial charge is 0.524 e. The molecule has 0 bridgehead atoms. The van der Waals surface area contributed by atoms with Gasteiger partial charge < -0.3 is 0 Å². The van der Waals surface area contributed by atoms with Crippen molar-refractivity contribution in [3.63, 3.8) is 0 Å². The summed E-state index contributed by atoms with van der Waals surface area (Å²) in [5.74, 6) is -5.98. The molecule has 0 atom stereocenters. The Labute approximate surface area is 222 Å². The monoisotopic (exact) mass is 631 g/mol. The van der Waals surface area contributed by atoms with Gasteiger partial charge in [0.1, 0.15) is 15.9 Å². The second-order valence-electron chi connectivity index (χ2n) is 9.01. The number of aryl methyl sites for hydroxylation is 2. The topological polar surface area (TPSA) is 0 Å². The van der Waals surface area contributed by atoms with Crippen molar-refractivity contribution in [2.24, 2.45) is 0 Å². The van der Waals surface area contributed by atoms with Crippen molar-refractivity contribution in [2.75, 3.05) is 0 Å². The molecule has 0 aromatic heterocycles. The number of halogens is 15. The molecule has 3 aromatic rings. The smallest absolute Gasteiger partial charge is 0.166 e. The Morgan fingerprint density at radius 3 is 0.854 bits per heavy atom. The van der Waals surface area contributed by atoms with Gasteiger partial charge >= 0.3 is 30.6 Å². The number of hydrogen-bond acceptors (Lipinski definition) is 0. The Morgan fingerprint density at radius 1 is 0.366 bits per heavy atom. The Bertz CT molecular complexity index is 1340. The molecule has 0 nitrogen and oxygen atoms in total. The molecule has 224 valence electrons. The Kier molecular flexibility index (Phi) is 8.01. The van der Waals surface area contributed by atoms with Crippen LogP contribution in [0.4, 0.5) is 65.9 Å². The SMILES string of the molecule is Cc1cc(C(F)(F)F)cc([P+](c2cc(C)cc(C(F)(F)F)c2)(c2cc(C(F)(F)F)cc(C(F)(F)F)c2)C(F)(F)F)c1. The molecule has 0 spiro atoms. The average molecular weight is 631 g/mol. The maximum atomic E-state index is 15.3. The maximum Gasteiger partial charge on any atom is 0.524 e. The van der Waals surface area contributed by atoms with Gasteiger partial charge in [-0.25, -0.2) is 0 Å². The zero-order valence-electron chi connectivity index (χ0n) is 20.3. The maximum absolute atomic E-state index is 15.3. The van der Waals surface area contributed by atoms with Crippen LogP contribution in [0.5, 0.6) is 0 Å². The second-order valence-corrected chi connectivity index (χ2v) is 12.4. The highest BCUT2D eigenvalue weighted by Gasteiger charge is 2.69. The van der Waals surface area contributed by atoms with E-state index in [2.05, 4.69) is 0 Å². The molecule has 0 aliphatic rings. The second kappa shape index (κ2) is 10.1. The Morgan fingerprint density at radius 2 is 0.610 bits per heavy atom. The van der Waals surface area contributed by atoms with Gasteiger partial charge in [-0.1, -0.05) is 0 Å². The van der Waals surface area contributed by atoms with Crippen molar-refractivity contribution < 1.29 is 65.9 Å². The van der Waals surface area contributed by atoms with E-state index >= 15 is 13.2 Å². The third-order valence-electron chi connectivity index (χ3n) is 5.89. The number of rotatable bonds is 3. The van der Waals surface area contributed by atoms with E-state index in [-0.39, 0.29) is 24.3 Å². The van der Waals surface area contributed by atoms with Crippen molar-refractivity contribution in [3.8, 4) is 0 Å². The third kappa shape index (κ3) is 6.44. The number of hydrogen-bond donors (Lipinski definition) is 0. The summed E-state index contributed by atoms with van der Waals surface area (Å²) >= 11 is 0. The molecule has 16 heteroatoms. The minimum atomic E-state index is -6.18. The minimum absolute atomic E-state index is 0.114. The van der Waals surface area contributed by atoms with Gasteiger partial charge in [0.05, 0.1) is 22.3 Å². The quantitative estimate of drug-likeness (QED) is 0.200. The van der Waals surface area contributed by atoms with E-state index in [1.54, 1.807) is 0 Å². The molecule has 0 heterocycles. The lowest BCUT2D eigenvalue weighted by atomic mass is 10.1. The summed E-state index contributed by atoms with van der Waals surface area (Å²) in [6.45, 7) is 1.77. The molecule has 0 unspecified atom stereocenters. The summed E-state index contributed by atoms with van der Waals surface area (Å²) in [5, 5.41) is -4.67.